The molecule has 5 rings (SSSR count). The summed E-state index contributed by atoms with van der Waals surface area (Å²) < 4.78 is 23.9. The average molecular weight is 647 g/mol. The standard InChI is InChI=1S/C31H26N4O10S/c1-4-43-25-11-9-19(15-26(25)44-5-2)28-22(30(37)42-3)17-32-31-33(28)29(36)27(46-31)14-18-7-6-8-21(13-18)45-24-12-10-20(34(38)39)16-23(24)35(40)41/h6-17,28H,4-5H2,1-3H3/b27-14+/t28-/m1/s1. The Morgan fingerprint density at radius 1 is 0.978 bits per heavy atom. The molecule has 1 atom stereocenters. The number of hydrogen-bond donors (Lipinski definition) is 0. The molecule has 0 unspecified atom stereocenters. The lowest BCUT2D eigenvalue weighted by atomic mass is 9.97. The van der Waals surface area contributed by atoms with Gasteiger partial charge in [0.15, 0.2) is 16.3 Å². The minimum Gasteiger partial charge on any atom is -0.490 e. The van der Waals surface area contributed by atoms with Gasteiger partial charge in [-0.3, -0.25) is 29.6 Å². The van der Waals surface area contributed by atoms with E-state index in [1.807, 2.05) is 13.8 Å². The Kier molecular flexibility index (Phi) is 9.23. The predicted molar refractivity (Wildman–Crippen MR) is 166 cm³/mol. The Labute approximate surface area is 264 Å². The number of non-ortho nitro benzene ring substituents is 1. The normalized spacial score (nSPS) is 14.0. The van der Waals surface area contributed by atoms with Gasteiger partial charge in [0.1, 0.15) is 5.75 Å². The zero-order valence-electron chi connectivity index (χ0n) is 24.7. The lowest BCUT2D eigenvalue weighted by Gasteiger charge is -2.23. The molecule has 0 saturated heterocycles. The Hall–Kier alpha value is -5.83. The third kappa shape index (κ3) is 6.34. The first-order valence-electron chi connectivity index (χ1n) is 13.8. The second-order valence-electron chi connectivity index (χ2n) is 9.59. The molecule has 0 spiro atoms. The molecule has 1 aliphatic heterocycles. The van der Waals surface area contributed by atoms with Crippen molar-refractivity contribution in [3.8, 4) is 23.0 Å². The molecule has 3 aromatic carbocycles. The zero-order chi connectivity index (χ0) is 33.0. The number of nitrogens with zero attached hydrogens (tertiary/aromatic N) is 4. The highest BCUT2D eigenvalue weighted by Gasteiger charge is 2.31. The molecule has 4 aromatic rings. The summed E-state index contributed by atoms with van der Waals surface area (Å²) in [5, 5.41) is 22.6. The van der Waals surface area contributed by atoms with Crippen LogP contribution in [0.4, 0.5) is 11.4 Å². The van der Waals surface area contributed by atoms with Crippen molar-refractivity contribution in [2.45, 2.75) is 19.9 Å². The lowest BCUT2D eigenvalue weighted by molar-refractivity contribution is -0.394. The molecule has 0 saturated carbocycles. The van der Waals surface area contributed by atoms with Crippen LogP contribution in [-0.4, -0.2) is 40.7 Å². The van der Waals surface area contributed by atoms with E-state index >= 15 is 0 Å². The number of benzene rings is 3. The monoisotopic (exact) mass is 646 g/mol. The fraction of sp³-hybridized carbons (Fsp3) is 0.194. The summed E-state index contributed by atoms with van der Waals surface area (Å²) in [4.78, 5) is 52.6. The van der Waals surface area contributed by atoms with Crippen molar-refractivity contribution < 1.29 is 33.6 Å². The van der Waals surface area contributed by atoms with Crippen molar-refractivity contribution in [1.82, 2.24) is 4.57 Å². The van der Waals surface area contributed by atoms with Gasteiger partial charge in [-0.15, -0.1) is 0 Å². The number of rotatable bonds is 11. The van der Waals surface area contributed by atoms with Crippen molar-refractivity contribution >= 4 is 34.8 Å². The van der Waals surface area contributed by atoms with Gasteiger partial charge in [-0.2, -0.15) is 0 Å². The Balaban J connectivity index is 1.56. The number of thiazole rings is 1. The number of carbonyl (C=O) groups excluding carboxylic acids is 1. The van der Waals surface area contributed by atoms with E-state index in [2.05, 4.69) is 4.99 Å². The van der Waals surface area contributed by atoms with Crippen LogP contribution in [0.2, 0.25) is 0 Å². The van der Waals surface area contributed by atoms with Gasteiger partial charge >= 0.3 is 11.7 Å². The van der Waals surface area contributed by atoms with Gasteiger partial charge in [0.25, 0.3) is 11.2 Å². The number of aromatic nitrogens is 1. The van der Waals surface area contributed by atoms with Crippen LogP contribution in [0.1, 0.15) is 31.0 Å². The predicted octanol–water partition coefficient (Wildman–Crippen LogP) is 4.42. The fourth-order valence-electron chi connectivity index (χ4n) is 4.78. The SMILES string of the molecule is CCOc1ccc([C@@H]2C(C(=O)OC)=CN=c3s/c(=C/c4cccc(Oc5ccc([N+](=O)[O-])cc5[N+](=O)[O-])c4)c(=O)n32)cc1OCC. The van der Waals surface area contributed by atoms with Gasteiger partial charge < -0.3 is 18.9 Å². The van der Waals surface area contributed by atoms with E-state index in [1.54, 1.807) is 48.5 Å². The molecule has 0 amide bonds. The molecule has 15 heteroatoms. The molecule has 1 aromatic heterocycles. The van der Waals surface area contributed by atoms with Crippen molar-refractivity contribution in [3.05, 3.63) is 123 Å². The number of methoxy groups -OCH3 is 1. The number of carbonyl (C=O) groups is 1. The van der Waals surface area contributed by atoms with Crippen LogP contribution in [0.15, 0.2) is 82.2 Å². The summed E-state index contributed by atoms with van der Waals surface area (Å²) in [6.45, 7) is 4.46. The Morgan fingerprint density at radius 2 is 1.72 bits per heavy atom. The highest BCUT2D eigenvalue weighted by molar-refractivity contribution is 7.07. The van der Waals surface area contributed by atoms with Crippen molar-refractivity contribution in [3.63, 3.8) is 0 Å². The van der Waals surface area contributed by atoms with Gasteiger partial charge in [-0.1, -0.05) is 29.5 Å². The van der Waals surface area contributed by atoms with Crippen LogP contribution < -0.4 is 29.1 Å². The van der Waals surface area contributed by atoms with E-state index in [4.69, 9.17) is 18.9 Å². The number of fused-ring (bicyclic) bond motifs is 1. The lowest BCUT2D eigenvalue weighted by Crippen LogP contribution is -2.39. The van der Waals surface area contributed by atoms with Crippen molar-refractivity contribution in [1.29, 1.82) is 0 Å². The number of nitro benzene ring substituents is 2. The summed E-state index contributed by atoms with van der Waals surface area (Å²) in [5.74, 6) is 0.326. The zero-order valence-corrected chi connectivity index (χ0v) is 25.5. The Bertz CT molecular complexity index is 2070. The third-order valence-electron chi connectivity index (χ3n) is 6.74. The summed E-state index contributed by atoms with van der Waals surface area (Å²) in [7, 11) is 1.25. The topological polar surface area (TPSA) is 175 Å². The Morgan fingerprint density at radius 3 is 2.41 bits per heavy atom. The van der Waals surface area contributed by atoms with Crippen LogP contribution in [0.5, 0.6) is 23.0 Å². The van der Waals surface area contributed by atoms with E-state index < -0.39 is 38.8 Å². The molecule has 236 valence electrons. The van der Waals surface area contributed by atoms with Crippen LogP contribution in [0.25, 0.3) is 6.08 Å². The van der Waals surface area contributed by atoms with E-state index in [9.17, 15) is 29.8 Å². The number of nitro groups is 2. The highest BCUT2D eigenvalue weighted by atomic mass is 32.1. The van der Waals surface area contributed by atoms with E-state index in [0.29, 0.717) is 40.6 Å². The molecule has 0 N–H and O–H groups in total. The number of ether oxygens (including phenoxy) is 4. The van der Waals surface area contributed by atoms with E-state index in [-0.39, 0.29) is 21.6 Å². The van der Waals surface area contributed by atoms with E-state index in [0.717, 1.165) is 29.5 Å². The molecule has 0 fully saturated rings. The smallest absolute Gasteiger partial charge is 0.337 e. The van der Waals surface area contributed by atoms with Crippen LogP contribution in [0.3, 0.4) is 0 Å². The summed E-state index contributed by atoms with van der Waals surface area (Å²) in [6, 6.07) is 13.8. The van der Waals surface area contributed by atoms with Gasteiger partial charge in [0.2, 0.25) is 5.75 Å². The molecule has 14 nitrogen and oxygen atoms in total. The first kappa shape index (κ1) is 31.6. The maximum atomic E-state index is 13.9. The van der Waals surface area contributed by atoms with Gasteiger partial charge in [-0.05, 0) is 61.4 Å². The van der Waals surface area contributed by atoms with E-state index in [1.165, 1.54) is 17.9 Å². The maximum absolute atomic E-state index is 13.9. The second kappa shape index (κ2) is 13.4. The highest BCUT2D eigenvalue weighted by Crippen LogP contribution is 2.36. The molecule has 0 bridgehead atoms. The van der Waals surface area contributed by atoms with Gasteiger partial charge in [-0.25, -0.2) is 9.79 Å². The molecule has 46 heavy (non-hydrogen) atoms. The molecular weight excluding hydrogens is 620 g/mol. The van der Waals surface area contributed by atoms with Gasteiger partial charge in [0.05, 0.1) is 52.4 Å². The molecule has 0 radical (unpaired) electrons. The third-order valence-corrected chi connectivity index (χ3v) is 7.74. The fourth-order valence-corrected chi connectivity index (χ4v) is 5.75. The number of hydrogen-bond acceptors (Lipinski definition) is 12. The minimum absolute atomic E-state index is 0.146. The molecule has 1 aliphatic rings. The van der Waals surface area contributed by atoms with Crippen LogP contribution in [0, 0.1) is 20.2 Å². The van der Waals surface area contributed by atoms with Crippen LogP contribution in [-0.2, 0) is 9.53 Å². The maximum Gasteiger partial charge on any atom is 0.337 e. The minimum atomic E-state index is -0.877. The first-order valence-corrected chi connectivity index (χ1v) is 14.7. The molecule has 0 aliphatic carbocycles. The van der Waals surface area contributed by atoms with Crippen LogP contribution >= 0.6 is 11.3 Å². The second-order valence-corrected chi connectivity index (χ2v) is 10.6. The summed E-state index contributed by atoms with van der Waals surface area (Å²) in [5.41, 5.74) is -0.199. The number of esters is 1. The molecule has 2 heterocycles. The van der Waals surface area contributed by atoms with Gasteiger partial charge in [0, 0.05) is 12.3 Å². The van der Waals surface area contributed by atoms with Crippen molar-refractivity contribution in [2.24, 2.45) is 4.99 Å². The summed E-state index contributed by atoms with van der Waals surface area (Å²) in [6.07, 6.45) is 2.98. The summed E-state index contributed by atoms with van der Waals surface area (Å²) >= 11 is 1.10. The quantitative estimate of drug-likeness (QED) is 0.129. The largest absolute Gasteiger partial charge is 0.490 e. The van der Waals surface area contributed by atoms with Crippen molar-refractivity contribution in [2.75, 3.05) is 20.3 Å². The average Bonchev–Trinajstić information content (AvgIpc) is 3.35. The first-order chi connectivity index (χ1) is 22.1. The molecular formula is C31H26N4O10S.